The highest BCUT2D eigenvalue weighted by atomic mass is 16.6. The van der Waals surface area contributed by atoms with E-state index in [-0.39, 0.29) is 11.8 Å². The average molecular weight is 371 g/mol. The molecule has 2 aromatic rings. The summed E-state index contributed by atoms with van der Waals surface area (Å²) in [5.41, 5.74) is -0.111. The maximum absolute atomic E-state index is 12.0. The fourth-order valence-electron chi connectivity index (χ4n) is 3.81. The van der Waals surface area contributed by atoms with Crippen molar-refractivity contribution in [1.82, 2.24) is 25.8 Å². The molecule has 1 spiro atoms. The van der Waals surface area contributed by atoms with Crippen LogP contribution in [0.25, 0.3) is 11.4 Å². The highest BCUT2D eigenvalue weighted by Gasteiger charge is 2.48. The van der Waals surface area contributed by atoms with Gasteiger partial charge < -0.3 is 19.3 Å². The Balaban J connectivity index is 1.32. The molecule has 0 atom stereocenters. The second-order valence-electron chi connectivity index (χ2n) is 6.95. The first kappa shape index (κ1) is 16.0. The van der Waals surface area contributed by atoms with E-state index >= 15 is 0 Å². The number of amides is 3. The zero-order valence-corrected chi connectivity index (χ0v) is 14.4. The van der Waals surface area contributed by atoms with Crippen LogP contribution in [0, 0.1) is 0 Å². The van der Waals surface area contributed by atoms with Crippen LogP contribution < -0.4 is 20.1 Å². The fraction of sp³-hybridized carbons (Fsp3) is 0.471. The molecule has 5 rings (SSSR count). The van der Waals surface area contributed by atoms with Gasteiger partial charge in [-0.05, 0) is 31.7 Å². The first-order valence-electron chi connectivity index (χ1n) is 8.86. The van der Waals surface area contributed by atoms with Gasteiger partial charge in [0.25, 0.3) is 11.8 Å². The number of hydrogen-bond acceptors (Lipinski definition) is 8. The smallest absolute Gasteiger partial charge is 0.322 e. The minimum absolute atomic E-state index is 0.0485. The standard InChI is InChI=1S/C17H17N5O5/c23-15-17(21-16(24)20-15)3-1-9(2-4-17)13-19-12(22-27-13)10-7-11-14(18-8-10)26-6-5-25-11/h7-9H,1-6H2,(H2,20,21,23,24). The number of urea groups is 1. The number of carbonyl (C=O) groups excluding carboxylic acids is 2. The number of hydrogen-bond donors (Lipinski definition) is 2. The largest absolute Gasteiger partial charge is 0.484 e. The van der Waals surface area contributed by atoms with Crippen LogP contribution in [0.1, 0.15) is 37.5 Å². The molecule has 2 aliphatic heterocycles. The van der Waals surface area contributed by atoms with E-state index in [2.05, 4.69) is 25.8 Å². The Hall–Kier alpha value is -3.17. The number of pyridine rings is 1. The Bertz CT molecular complexity index is 918. The first-order valence-corrected chi connectivity index (χ1v) is 8.86. The summed E-state index contributed by atoms with van der Waals surface area (Å²) >= 11 is 0. The molecule has 3 aliphatic rings. The Kier molecular flexibility index (Phi) is 3.52. The van der Waals surface area contributed by atoms with Crippen LogP contribution in [-0.4, -0.2) is 45.8 Å². The second kappa shape index (κ2) is 5.93. The van der Waals surface area contributed by atoms with Crippen molar-refractivity contribution in [3.63, 3.8) is 0 Å². The quantitative estimate of drug-likeness (QED) is 0.752. The van der Waals surface area contributed by atoms with Gasteiger partial charge >= 0.3 is 6.03 Å². The third-order valence-corrected chi connectivity index (χ3v) is 5.30. The highest BCUT2D eigenvalue weighted by molar-refractivity contribution is 6.07. The second-order valence-corrected chi connectivity index (χ2v) is 6.95. The van der Waals surface area contributed by atoms with E-state index in [4.69, 9.17) is 14.0 Å². The predicted octanol–water partition coefficient (Wildman–Crippen LogP) is 1.14. The molecule has 3 amide bonds. The number of ether oxygens (including phenoxy) is 2. The van der Waals surface area contributed by atoms with Crippen LogP contribution in [0.5, 0.6) is 11.6 Å². The summed E-state index contributed by atoms with van der Waals surface area (Å²) in [4.78, 5) is 32.2. The van der Waals surface area contributed by atoms with Crippen LogP contribution in [0.4, 0.5) is 4.79 Å². The van der Waals surface area contributed by atoms with Gasteiger partial charge in [-0.15, -0.1) is 0 Å². The summed E-state index contributed by atoms with van der Waals surface area (Å²) in [6.45, 7) is 0.955. The molecule has 2 fully saturated rings. The molecule has 2 aromatic heterocycles. The van der Waals surface area contributed by atoms with Gasteiger partial charge in [-0.1, -0.05) is 5.16 Å². The lowest BCUT2D eigenvalue weighted by Gasteiger charge is -2.33. The first-order chi connectivity index (χ1) is 13.1. The Morgan fingerprint density at radius 1 is 1.15 bits per heavy atom. The minimum Gasteiger partial charge on any atom is -0.484 e. The van der Waals surface area contributed by atoms with Crippen molar-refractivity contribution >= 4 is 11.9 Å². The summed E-state index contributed by atoms with van der Waals surface area (Å²) < 4.78 is 16.4. The monoisotopic (exact) mass is 371 g/mol. The van der Waals surface area contributed by atoms with E-state index in [0.29, 0.717) is 67.8 Å². The van der Waals surface area contributed by atoms with Gasteiger partial charge in [-0.25, -0.2) is 9.78 Å². The van der Waals surface area contributed by atoms with E-state index in [9.17, 15) is 9.59 Å². The molecule has 0 aromatic carbocycles. The molecule has 10 nitrogen and oxygen atoms in total. The summed E-state index contributed by atoms with van der Waals surface area (Å²) in [5.74, 6) is 1.78. The van der Waals surface area contributed by atoms with Gasteiger partial charge in [0.15, 0.2) is 5.75 Å². The Morgan fingerprint density at radius 3 is 2.74 bits per heavy atom. The molecule has 0 bridgehead atoms. The van der Waals surface area contributed by atoms with E-state index in [1.807, 2.05) is 0 Å². The van der Waals surface area contributed by atoms with E-state index < -0.39 is 11.6 Å². The number of carbonyl (C=O) groups is 2. The average Bonchev–Trinajstić information content (AvgIpc) is 3.27. The van der Waals surface area contributed by atoms with Crippen LogP contribution >= 0.6 is 0 Å². The van der Waals surface area contributed by atoms with Crippen molar-refractivity contribution in [2.24, 2.45) is 0 Å². The van der Waals surface area contributed by atoms with Crippen LogP contribution in [-0.2, 0) is 4.79 Å². The van der Waals surface area contributed by atoms with Crippen molar-refractivity contribution in [1.29, 1.82) is 0 Å². The van der Waals surface area contributed by atoms with Crippen LogP contribution in [0.15, 0.2) is 16.8 Å². The molecule has 1 aliphatic carbocycles. The van der Waals surface area contributed by atoms with E-state index in [1.165, 1.54) is 0 Å². The topological polar surface area (TPSA) is 128 Å². The molecule has 2 N–H and O–H groups in total. The van der Waals surface area contributed by atoms with Crippen molar-refractivity contribution in [3.8, 4) is 23.0 Å². The Morgan fingerprint density at radius 2 is 1.96 bits per heavy atom. The van der Waals surface area contributed by atoms with Crippen molar-refractivity contribution in [2.45, 2.75) is 37.1 Å². The van der Waals surface area contributed by atoms with Crippen molar-refractivity contribution in [2.75, 3.05) is 13.2 Å². The molecule has 27 heavy (non-hydrogen) atoms. The lowest BCUT2D eigenvalue weighted by atomic mass is 9.76. The summed E-state index contributed by atoms with van der Waals surface area (Å²) in [6.07, 6.45) is 4.05. The molecule has 4 heterocycles. The van der Waals surface area contributed by atoms with Crippen molar-refractivity contribution < 1.29 is 23.6 Å². The molecule has 0 radical (unpaired) electrons. The number of fused-ring (bicyclic) bond motifs is 1. The lowest BCUT2D eigenvalue weighted by molar-refractivity contribution is -0.125. The number of nitrogens with zero attached hydrogens (tertiary/aromatic N) is 3. The van der Waals surface area contributed by atoms with Gasteiger partial charge in [0.05, 0.1) is 0 Å². The number of aromatic nitrogens is 3. The molecule has 1 saturated heterocycles. The molecular formula is C17H17N5O5. The minimum atomic E-state index is -0.795. The fourth-order valence-corrected chi connectivity index (χ4v) is 3.81. The highest BCUT2D eigenvalue weighted by Crippen LogP contribution is 2.39. The molecule has 0 unspecified atom stereocenters. The van der Waals surface area contributed by atoms with Crippen LogP contribution in [0.3, 0.4) is 0 Å². The predicted molar refractivity (Wildman–Crippen MR) is 89.1 cm³/mol. The van der Waals surface area contributed by atoms with Gasteiger partial charge in [-0.2, -0.15) is 4.98 Å². The maximum atomic E-state index is 12.0. The zero-order chi connectivity index (χ0) is 18.4. The van der Waals surface area contributed by atoms with Gasteiger partial charge in [0.1, 0.15) is 18.8 Å². The lowest BCUT2D eigenvalue weighted by Crippen LogP contribution is -2.49. The maximum Gasteiger partial charge on any atom is 0.322 e. The zero-order valence-electron chi connectivity index (χ0n) is 14.4. The van der Waals surface area contributed by atoms with Gasteiger partial charge in [0.2, 0.25) is 11.7 Å². The SMILES string of the molecule is O=C1NC(=O)C2(CCC(c3nc(-c4cnc5c(c4)OCCO5)no3)CC2)N1. The van der Waals surface area contributed by atoms with Crippen LogP contribution in [0.2, 0.25) is 0 Å². The number of rotatable bonds is 2. The third-order valence-electron chi connectivity index (χ3n) is 5.30. The normalized spacial score (nSPS) is 26.7. The molecule has 1 saturated carbocycles. The molecule has 10 heteroatoms. The van der Waals surface area contributed by atoms with Gasteiger partial charge in [0, 0.05) is 17.7 Å². The van der Waals surface area contributed by atoms with E-state index in [0.717, 1.165) is 0 Å². The number of nitrogens with one attached hydrogen (secondary N) is 2. The third kappa shape index (κ3) is 2.68. The summed E-state index contributed by atoms with van der Waals surface area (Å²) in [6, 6.07) is 1.36. The summed E-state index contributed by atoms with van der Waals surface area (Å²) in [7, 11) is 0. The Labute approximate surface area is 153 Å². The molecular weight excluding hydrogens is 354 g/mol. The van der Waals surface area contributed by atoms with E-state index in [1.54, 1.807) is 12.3 Å². The van der Waals surface area contributed by atoms with Gasteiger partial charge in [-0.3, -0.25) is 10.1 Å². The van der Waals surface area contributed by atoms with Crippen molar-refractivity contribution in [3.05, 3.63) is 18.2 Å². The number of imide groups is 1. The summed E-state index contributed by atoms with van der Waals surface area (Å²) in [5, 5.41) is 9.12. The molecule has 140 valence electrons.